The highest BCUT2D eigenvalue weighted by molar-refractivity contribution is 5.94. The maximum atomic E-state index is 13.2. The van der Waals surface area contributed by atoms with Crippen LogP contribution in [0.1, 0.15) is 51.6 Å². The third-order valence-corrected chi connectivity index (χ3v) is 5.94. The number of rotatable bonds is 4. The monoisotopic (exact) mass is 408 g/mol. The van der Waals surface area contributed by atoms with E-state index in [0.717, 1.165) is 24.0 Å². The number of piperidine rings is 1. The molecule has 0 radical (unpaired) electrons. The van der Waals surface area contributed by atoms with Gasteiger partial charge in [-0.3, -0.25) is 9.36 Å². The predicted octanol–water partition coefficient (Wildman–Crippen LogP) is 3.40. The van der Waals surface area contributed by atoms with Crippen LogP contribution in [-0.4, -0.2) is 38.7 Å². The van der Waals surface area contributed by atoms with Crippen molar-refractivity contribution in [1.29, 1.82) is 0 Å². The molecule has 0 bridgehead atoms. The first-order chi connectivity index (χ1) is 14.4. The first kappa shape index (κ1) is 20.1. The standard InChI is InChI=1S/C23H25FN4O2/c1-15-3-6-19(13-16(15)2)22(29)27-11-9-18(10-12-27)21-25-26-23(30)28(21)14-17-4-7-20(24)8-5-17/h3-8,13,18H,9-12,14H2,1-2H3,(H,26,30). The summed E-state index contributed by atoms with van der Waals surface area (Å²) in [5, 5.41) is 6.79. The molecular formula is C23H25FN4O2. The van der Waals surface area contributed by atoms with Crippen molar-refractivity contribution in [3.63, 3.8) is 0 Å². The van der Waals surface area contributed by atoms with Gasteiger partial charge in [0.15, 0.2) is 0 Å². The first-order valence-corrected chi connectivity index (χ1v) is 10.2. The lowest BCUT2D eigenvalue weighted by molar-refractivity contribution is 0.0710. The Kier molecular flexibility index (Phi) is 5.53. The number of nitrogens with zero attached hydrogens (tertiary/aromatic N) is 3. The molecule has 7 heteroatoms. The minimum absolute atomic E-state index is 0.0438. The molecule has 0 spiro atoms. The minimum Gasteiger partial charge on any atom is -0.339 e. The Hall–Kier alpha value is -3.22. The van der Waals surface area contributed by atoms with Crippen LogP contribution in [0.3, 0.4) is 0 Å². The topological polar surface area (TPSA) is 71.0 Å². The van der Waals surface area contributed by atoms with Crippen molar-refractivity contribution < 1.29 is 9.18 Å². The fourth-order valence-electron chi connectivity index (χ4n) is 3.96. The lowest BCUT2D eigenvalue weighted by Gasteiger charge is -2.31. The molecule has 1 aliphatic heterocycles. The second-order valence-corrected chi connectivity index (χ2v) is 7.97. The number of H-pyrrole nitrogens is 1. The number of hydrogen-bond acceptors (Lipinski definition) is 3. The maximum absolute atomic E-state index is 13.2. The maximum Gasteiger partial charge on any atom is 0.343 e. The molecule has 1 amide bonds. The second-order valence-electron chi connectivity index (χ2n) is 7.97. The molecule has 0 unspecified atom stereocenters. The number of amides is 1. The predicted molar refractivity (Wildman–Crippen MR) is 112 cm³/mol. The summed E-state index contributed by atoms with van der Waals surface area (Å²) in [7, 11) is 0. The van der Waals surface area contributed by atoms with Crippen LogP contribution in [0.2, 0.25) is 0 Å². The minimum atomic E-state index is -0.306. The molecule has 0 saturated carbocycles. The lowest BCUT2D eigenvalue weighted by Crippen LogP contribution is -2.38. The molecule has 0 atom stereocenters. The van der Waals surface area contributed by atoms with Crippen molar-refractivity contribution in [2.24, 2.45) is 0 Å². The summed E-state index contributed by atoms with van der Waals surface area (Å²) in [4.78, 5) is 27.0. The van der Waals surface area contributed by atoms with E-state index in [2.05, 4.69) is 10.2 Å². The Labute approximate surface area is 174 Å². The molecule has 156 valence electrons. The van der Waals surface area contributed by atoms with E-state index in [1.165, 1.54) is 17.7 Å². The third-order valence-electron chi connectivity index (χ3n) is 5.94. The van der Waals surface area contributed by atoms with E-state index >= 15 is 0 Å². The highest BCUT2D eigenvalue weighted by Crippen LogP contribution is 2.27. The van der Waals surface area contributed by atoms with Crippen molar-refractivity contribution in [2.75, 3.05) is 13.1 Å². The summed E-state index contributed by atoms with van der Waals surface area (Å²) in [6, 6.07) is 11.9. The van der Waals surface area contributed by atoms with Crippen LogP contribution in [0, 0.1) is 19.7 Å². The van der Waals surface area contributed by atoms with Gasteiger partial charge in [0.25, 0.3) is 5.91 Å². The van der Waals surface area contributed by atoms with Gasteiger partial charge in [-0.1, -0.05) is 18.2 Å². The quantitative estimate of drug-likeness (QED) is 0.719. The molecule has 1 N–H and O–H groups in total. The second kappa shape index (κ2) is 8.26. The van der Waals surface area contributed by atoms with Gasteiger partial charge in [0.05, 0.1) is 6.54 Å². The van der Waals surface area contributed by atoms with Gasteiger partial charge in [0.1, 0.15) is 11.6 Å². The summed E-state index contributed by atoms with van der Waals surface area (Å²) < 4.78 is 14.8. The number of halogens is 1. The number of carbonyl (C=O) groups excluding carboxylic acids is 1. The Bertz CT molecular complexity index is 1110. The number of hydrogen-bond donors (Lipinski definition) is 1. The number of aromatic amines is 1. The zero-order valence-corrected chi connectivity index (χ0v) is 17.2. The van der Waals surface area contributed by atoms with Gasteiger partial charge >= 0.3 is 5.69 Å². The number of benzene rings is 2. The molecule has 2 heterocycles. The van der Waals surface area contributed by atoms with E-state index < -0.39 is 0 Å². The zero-order valence-electron chi connectivity index (χ0n) is 17.2. The Morgan fingerprint density at radius 3 is 2.47 bits per heavy atom. The number of nitrogens with one attached hydrogen (secondary N) is 1. The van der Waals surface area contributed by atoms with Crippen molar-refractivity contribution in [3.05, 3.63) is 86.8 Å². The molecule has 1 fully saturated rings. The van der Waals surface area contributed by atoms with Crippen molar-refractivity contribution in [2.45, 2.75) is 39.2 Å². The van der Waals surface area contributed by atoms with Crippen molar-refractivity contribution in [3.8, 4) is 0 Å². The van der Waals surface area contributed by atoms with E-state index in [1.807, 2.05) is 36.9 Å². The van der Waals surface area contributed by atoms with E-state index in [0.29, 0.717) is 31.0 Å². The molecule has 1 aromatic heterocycles. The molecule has 30 heavy (non-hydrogen) atoms. The Balaban J connectivity index is 1.45. The van der Waals surface area contributed by atoms with Crippen molar-refractivity contribution >= 4 is 5.91 Å². The van der Waals surface area contributed by atoms with E-state index in [1.54, 1.807) is 16.7 Å². The molecule has 4 rings (SSSR count). The average Bonchev–Trinajstić information content (AvgIpc) is 3.11. The highest BCUT2D eigenvalue weighted by atomic mass is 19.1. The van der Waals surface area contributed by atoms with Crippen molar-refractivity contribution in [1.82, 2.24) is 19.7 Å². The van der Waals surface area contributed by atoms with Gasteiger partial charge in [0, 0.05) is 24.6 Å². The lowest BCUT2D eigenvalue weighted by atomic mass is 9.95. The van der Waals surface area contributed by atoms with E-state index in [9.17, 15) is 14.0 Å². The highest BCUT2D eigenvalue weighted by Gasteiger charge is 2.28. The van der Waals surface area contributed by atoms with Gasteiger partial charge in [-0.15, -0.1) is 0 Å². The van der Waals surface area contributed by atoms with Gasteiger partial charge in [-0.25, -0.2) is 14.3 Å². The average molecular weight is 408 g/mol. The number of carbonyl (C=O) groups is 1. The molecule has 2 aromatic carbocycles. The van der Waals surface area contributed by atoms with Crippen LogP contribution < -0.4 is 5.69 Å². The SMILES string of the molecule is Cc1ccc(C(=O)N2CCC(c3n[nH]c(=O)n3Cc3ccc(F)cc3)CC2)cc1C. The van der Waals surface area contributed by atoms with Crippen LogP contribution in [0.25, 0.3) is 0 Å². The molecule has 1 saturated heterocycles. The summed E-state index contributed by atoms with van der Waals surface area (Å²) in [6.07, 6.45) is 1.48. The van der Waals surface area contributed by atoms with Crippen LogP contribution >= 0.6 is 0 Å². The zero-order chi connectivity index (χ0) is 21.3. The van der Waals surface area contributed by atoms with Crippen LogP contribution in [0.4, 0.5) is 4.39 Å². The van der Waals surface area contributed by atoms with Gasteiger partial charge in [-0.2, -0.15) is 5.10 Å². The smallest absolute Gasteiger partial charge is 0.339 e. The molecule has 0 aliphatic carbocycles. The number of aromatic nitrogens is 3. The number of likely N-dealkylation sites (tertiary alicyclic amines) is 1. The summed E-state index contributed by atoms with van der Waals surface area (Å²) in [6.45, 7) is 5.62. The van der Waals surface area contributed by atoms with Gasteiger partial charge < -0.3 is 4.90 Å². The van der Waals surface area contributed by atoms with Gasteiger partial charge in [-0.05, 0) is 67.6 Å². The Morgan fingerprint density at radius 2 is 1.80 bits per heavy atom. The molecule has 1 aliphatic rings. The normalized spacial score (nSPS) is 14.8. The van der Waals surface area contributed by atoms with Crippen LogP contribution in [0.15, 0.2) is 47.3 Å². The van der Waals surface area contributed by atoms with E-state index in [-0.39, 0.29) is 23.3 Å². The van der Waals surface area contributed by atoms with Crippen LogP contribution in [0.5, 0.6) is 0 Å². The molecule has 6 nitrogen and oxygen atoms in total. The number of aryl methyl sites for hydroxylation is 2. The summed E-state index contributed by atoms with van der Waals surface area (Å²) in [5.74, 6) is 0.525. The third kappa shape index (κ3) is 4.06. The molecule has 3 aromatic rings. The van der Waals surface area contributed by atoms with Gasteiger partial charge in [0.2, 0.25) is 0 Å². The fourth-order valence-corrected chi connectivity index (χ4v) is 3.96. The van der Waals surface area contributed by atoms with E-state index in [4.69, 9.17) is 0 Å². The summed E-state index contributed by atoms with van der Waals surface area (Å²) in [5.41, 5.74) is 3.55. The molecular weight excluding hydrogens is 383 g/mol. The largest absolute Gasteiger partial charge is 0.343 e. The Morgan fingerprint density at radius 1 is 1.10 bits per heavy atom. The van der Waals surface area contributed by atoms with Crippen LogP contribution in [-0.2, 0) is 6.54 Å². The summed E-state index contributed by atoms with van der Waals surface area (Å²) >= 11 is 0. The fraction of sp³-hybridized carbons (Fsp3) is 0.348. The first-order valence-electron chi connectivity index (χ1n) is 10.2.